The summed E-state index contributed by atoms with van der Waals surface area (Å²) in [5.41, 5.74) is 5.21. The molecule has 0 amide bonds. The number of imidazole rings is 1. The minimum Gasteiger partial charge on any atom is -0.456 e. The molecule has 0 fully saturated rings. The van der Waals surface area contributed by atoms with Crippen LogP contribution >= 0.6 is 0 Å². The number of aryl methyl sites for hydroxylation is 1. The highest BCUT2D eigenvalue weighted by atomic mass is 16.5. The minimum atomic E-state index is -0.116. The molecule has 5 heteroatoms. The molecule has 1 aliphatic rings. The molecule has 1 aromatic heterocycles. The maximum absolute atomic E-state index is 6.43. The van der Waals surface area contributed by atoms with Crippen molar-refractivity contribution >= 4 is 0 Å². The molecule has 5 nitrogen and oxygen atoms in total. The van der Waals surface area contributed by atoms with Crippen molar-refractivity contribution in [2.24, 2.45) is 0 Å². The smallest absolute Gasteiger partial charge is 0.136 e. The van der Waals surface area contributed by atoms with Gasteiger partial charge in [0.25, 0.3) is 0 Å². The summed E-state index contributed by atoms with van der Waals surface area (Å²) in [6.45, 7) is 1.69. The van der Waals surface area contributed by atoms with Crippen molar-refractivity contribution in [3.05, 3.63) is 90.3 Å². The number of ether oxygens (including phenoxy) is 2. The van der Waals surface area contributed by atoms with Crippen molar-refractivity contribution in [1.82, 2.24) is 14.9 Å². The molecule has 1 aliphatic heterocycles. The largest absolute Gasteiger partial charge is 0.456 e. The highest BCUT2D eigenvalue weighted by molar-refractivity contribution is 5.86. The molecule has 1 unspecified atom stereocenters. The Morgan fingerprint density at radius 2 is 1.56 bits per heavy atom. The van der Waals surface area contributed by atoms with E-state index in [1.54, 1.807) is 0 Å². The Labute approximate surface area is 201 Å². The van der Waals surface area contributed by atoms with Gasteiger partial charge >= 0.3 is 0 Å². The first-order valence-corrected chi connectivity index (χ1v) is 12.0. The van der Waals surface area contributed by atoms with Crippen LogP contribution in [0, 0.1) is 0 Å². The lowest BCUT2D eigenvalue weighted by Gasteiger charge is -2.17. The number of rotatable bonds is 9. The van der Waals surface area contributed by atoms with Crippen molar-refractivity contribution in [3.63, 3.8) is 0 Å². The van der Waals surface area contributed by atoms with E-state index in [0.717, 1.165) is 65.6 Å². The molecule has 5 rings (SSSR count). The molecule has 0 bridgehead atoms. The summed E-state index contributed by atoms with van der Waals surface area (Å²) in [7, 11) is 4.18. The zero-order valence-corrected chi connectivity index (χ0v) is 19.8. The van der Waals surface area contributed by atoms with Gasteiger partial charge in [-0.25, -0.2) is 4.98 Å². The molecular weight excluding hydrogens is 422 g/mol. The molecule has 174 valence electrons. The second-order valence-corrected chi connectivity index (χ2v) is 8.98. The molecule has 0 saturated heterocycles. The standard InChI is InChI=1S/C29H31N3O2/c1-32(2)19-10-20-33-26(18-17-21-11-4-3-5-12-21)29-30-27-22-13-6-8-15-24(22)34-25-16-9-7-14-23(25)28(27)31-29/h3-9,11-16,26H,10,17-20H2,1-2H3,(H,30,31). The molecule has 0 spiro atoms. The predicted molar refractivity (Wildman–Crippen MR) is 136 cm³/mol. The summed E-state index contributed by atoms with van der Waals surface area (Å²) in [4.78, 5) is 10.9. The van der Waals surface area contributed by atoms with Gasteiger partial charge in [0, 0.05) is 17.7 Å². The molecule has 0 radical (unpaired) electrons. The fourth-order valence-corrected chi connectivity index (χ4v) is 4.41. The lowest BCUT2D eigenvalue weighted by molar-refractivity contribution is 0.0373. The summed E-state index contributed by atoms with van der Waals surface area (Å²) >= 11 is 0. The lowest BCUT2D eigenvalue weighted by Crippen LogP contribution is -2.16. The fraction of sp³-hybridized carbons (Fsp3) is 0.276. The summed E-state index contributed by atoms with van der Waals surface area (Å²) in [6.07, 6.45) is 2.66. The van der Waals surface area contributed by atoms with E-state index >= 15 is 0 Å². The molecule has 0 saturated carbocycles. The van der Waals surface area contributed by atoms with E-state index in [1.165, 1.54) is 5.56 Å². The number of para-hydroxylation sites is 2. The quantitative estimate of drug-likeness (QED) is 0.259. The van der Waals surface area contributed by atoms with Crippen LogP contribution in [-0.4, -0.2) is 42.1 Å². The summed E-state index contributed by atoms with van der Waals surface area (Å²) in [5.74, 6) is 2.52. The van der Waals surface area contributed by atoms with Gasteiger partial charge in [-0.15, -0.1) is 0 Å². The summed E-state index contributed by atoms with van der Waals surface area (Å²) in [6, 6.07) is 26.8. The van der Waals surface area contributed by atoms with Gasteiger partial charge < -0.3 is 19.4 Å². The van der Waals surface area contributed by atoms with Crippen LogP contribution in [0.4, 0.5) is 0 Å². The van der Waals surface area contributed by atoms with Crippen LogP contribution in [0.3, 0.4) is 0 Å². The van der Waals surface area contributed by atoms with Crippen LogP contribution in [0.5, 0.6) is 11.5 Å². The first-order chi connectivity index (χ1) is 16.7. The number of aromatic nitrogens is 2. The number of aromatic amines is 1. The van der Waals surface area contributed by atoms with E-state index in [9.17, 15) is 0 Å². The van der Waals surface area contributed by atoms with Gasteiger partial charge in [-0.05, 0) is 69.7 Å². The number of hydrogen-bond acceptors (Lipinski definition) is 4. The third-order valence-corrected chi connectivity index (χ3v) is 6.15. The van der Waals surface area contributed by atoms with Crippen molar-refractivity contribution in [1.29, 1.82) is 0 Å². The van der Waals surface area contributed by atoms with Gasteiger partial charge in [0.15, 0.2) is 0 Å². The fourth-order valence-electron chi connectivity index (χ4n) is 4.41. The molecule has 3 aromatic carbocycles. The number of benzene rings is 3. The molecule has 1 atom stereocenters. The Morgan fingerprint density at radius 1 is 0.882 bits per heavy atom. The van der Waals surface area contributed by atoms with Crippen LogP contribution in [0.2, 0.25) is 0 Å². The number of nitrogens with one attached hydrogen (secondary N) is 1. The number of hydrogen-bond donors (Lipinski definition) is 1. The second-order valence-electron chi connectivity index (χ2n) is 8.98. The van der Waals surface area contributed by atoms with Gasteiger partial charge in [0.05, 0.1) is 5.69 Å². The number of nitrogens with zero attached hydrogens (tertiary/aromatic N) is 2. The average molecular weight is 454 g/mol. The normalized spacial score (nSPS) is 12.9. The maximum atomic E-state index is 6.43. The van der Waals surface area contributed by atoms with Gasteiger partial charge in [-0.1, -0.05) is 54.6 Å². The van der Waals surface area contributed by atoms with Gasteiger partial charge in [-0.3, -0.25) is 0 Å². The summed E-state index contributed by atoms with van der Waals surface area (Å²) < 4.78 is 12.7. The monoisotopic (exact) mass is 453 g/mol. The Morgan fingerprint density at radius 3 is 2.32 bits per heavy atom. The third-order valence-electron chi connectivity index (χ3n) is 6.15. The molecule has 1 N–H and O–H groups in total. The van der Waals surface area contributed by atoms with E-state index in [2.05, 4.69) is 66.4 Å². The average Bonchev–Trinajstić information content (AvgIpc) is 3.24. The Kier molecular flexibility index (Phi) is 6.74. The van der Waals surface area contributed by atoms with Gasteiger partial charge in [0.1, 0.15) is 29.1 Å². The zero-order valence-electron chi connectivity index (χ0n) is 19.8. The molecule has 2 heterocycles. The van der Waals surface area contributed by atoms with Crippen LogP contribution in [-0.2, 0) is 11.2 Å². The lowest BCUT2D eigenvalue weighted by atomic mass is 10.1. The SMILES string of the molecule is CN(C)CCCOC(CCc1ccccc1)c1nc2c([nH]1)-c1ccccc1Oc1ccccc1-2. The van der Waals surface area contributed by atoms with Crippen LogP contribution in [0.15, 0.2) is 78.9 Å². The Balaban J connectivity index is 1.49. The first-order valence-electron chi connectivity index (χ1n) is 12.0. The summed E-state index contributed by atoms with van der Waals surface area (Å²) in [5, 5.41) is 0. The predicted octanol–water partition coefficient (Wildman–Crippen LogP) is 6.49. The molecule has 34 heavy (non-hydrogen) atoms. The first kappa shape index (κ1) is 22.4. The van der Waals surface area contributed by atoms with Crippen molar-refractivity contribution < 1.29 is 9.47 Å². The van der Waals surface area contributed by atoms with Gasteiger partial charge in [-0.2, -0.15) is 0 Å². The van der Waals surface area contributed by atoms with Crippen LogP contribution in [0.1, 0.15) is 30.3 Å². The Hall–Kier alpha value is -3.41. The topological polar surface area (TPSA) is 50.4 Å². The van der Waals surface area contributed by atoms with E-state index < -0.39 is 0 Å². The van der Waals surface area contributed by atoms with E-state index in [1.807, 2.05) is 36.4 Å². The highest BCUT2D eigenvalue weighted by Gasteiger charge is 2.26. The van der Waals surface area contributed by atoms with Crippen LogP contribution < -0.4 is 4.74 Å². The second kappa shape index (κ2) is 10.2. The maximum Gasteiger partial charge on any atom is 0.136 e. The van der Waals surface area contributed by atoms with Crippen LogP contribution in [0.25, 0.3) is 22.5 Å². The van der Waals surface area contributed by atoms with Gasteiger partial charge in [0.2, 0.25) is 0 Å². The number of H-pyrrole nitrogens is 1. The van der Waals surface area contributed by atoms with E-state index in [0.29, 0.717) is 6.61 Å². The number of fused-ring (bicyclic) bond motifs is 5. The molecule has 4 aromatic rings. The Bertz CT molecular complexity index is 1170. The zero-order chi connectivity index (χ0) is 23.3. The highest BCUT2D eigenvalue weighted by Crippen LogP contribution is 2.45. The van der Waals surface area contributed by atoms with E-state index in [-0.39, 0.29) is 6.10 Å². The van der Waals surface area contributed by atoms with Crippen molar-refractivity contribution in [3.8, 4) is 34.0 Å². The molecule has 0 aliphatic carbocycles. The molecular formula is C29H31N3O2. The van der Waals surface area contributed by atoms with Crippen molar-refractivity contribution in [2.75, 3.05) is 27.2 Å². The van der Waals surface area contributed by atoms with Crippen molar-refractivity contribution in [2.45, 2.75) is 25.4 Å². The third kappa shape index (κ3) is 4.91. The van der Waals surface area contributed by atoms with E-state index in [4.69, 9.17) is 14.5 Å². The minimum absolute atomic E-state index is 0.116.